The molecule has 0 amide bonds. The molecule has 1 atom stereocenters. The Morgan fingerprint density at radius 3 is 2.67 bits per heavy atom. The molecule has 4 heterocycles. The molecule has 0 saturated carbocycles. The Labute approximate surface area is 214 Å². The van der Waals surface area contributed by atoms with E-state index in [1.54, 1.807) is 37.5 Å². The van der Waals surface area contributed by atoms with Crippen LogP contribution < -0.4 is 10.3 Å². The monoisotopic (exact) mass is 510 g/mol. The summed E-state index contributed by atoms with van der Waals surface area (Å²) in [4.78, 5) is 26.7. The lowest BCUT2D eigenvalue weighted by Gasteiger charge is -2.25. The van der Waals surface area contributed by atoms with E-state index >= 15 is 0 Å². The summed E-state index contributed by atoms with van der Waals surface area (Å²) < 4.78 is 20.4. The van der Waals surface area contributed by atoms with Gasteiger partial charge in [0.25, 0.3) is 5.56 Å². The van der Waals surface area contributed by atoms with Gasteiger partial charge in [0, 0.05) is 29.9 Å². The number of rotatable bonds is 6. The zero-order chi connectivity index (χ0) is 26.2. The molecule has 3 aromatic heterocycles. The van der Waals surface area contributed by atoms with E-state index < -0.39 is 17.0 Å². The average molecular weight is 511 g/mol. The number of aliphatic imine (C=N–C) groups is 1. The van der Waals surface area contributed by atoms with E-state index in [1.807, 2.05) is 26.0 Å². The first-order chi connectivity index (χ1) is 17.0. The van der Waals surface area contributed by atoms with Crippen LogP contribution in [0.3, 0.4) is 0 Å². The highest BCUT2D eigenvalue weighted by molar-refractivity contribution is 6.31. The van der Waals surface area contributed by atoms with Gasteiger partial charge < -0.3 is 9.84 Å². The summed E-state index contributed by atoms with van der Waals surface area (Å²) >= 11 is 6.44. The summed E-state index contributed by atoms with van der Waals surface area (Å²) in [6, 6.07) is 8.20. The van der Waals surface area contributed by atoms with Crippen LogP contribution in [0.2, 0.25) is 5.02 Å². The van der Waals surface area contributed by atoms with E-state index in [9.17, 15) is 14.3 Å². The van der Waals surface area contributed by atoms with Crippen molar-refractivity contribution in [1.29, 1.82) is 0 Å². The minimum atomic E-state index is -1.10. The molecule has 188 valence electrons. The molecule has 4 rings (SSSR count). The van der Waals surface area contributed by atoms with Crippen molar-refractivity contribution in [3.05, 3.63) is 92.1 Å². The molecule has 0 aromatic carbocycles. The first-order valence-electron chi connectivity index (χ1n) is 11.6. The molecule has 9 heteroatoms. The minimum absolute atomic E-state index is 0.0429. The van der Waals surface area contributed by atoms with E-state index in [4.69, 9.17) is 21.3 Å². The molecular weight excluding hydrogens is 483 g/mol. The van der Waals surface area contributed by atoms with E-state index in [0.717, 1.165) is 17.5 Å². The third kappa shape index (κ3) is 5.24. The summed E-state index contributed by atoms with van der Waals surface area (Å²) in [5, 5.41) is 10.4. The van der Waals surface area contributed by atoms with Gasteiger partial charge in [0.15, 0.2) is 0 Å². The number of hydrogen-bond acceptors (Lipinski definition) is 6. The number of aromatic nitrogens is 3. The predicted molar refractivity (Wildman–Crippen MR) is 138 cm³/mol. The molecule has 3 aromatic rings. The van der Waals surface area contributed by atoms with Gasteiger partial charge in [-0.15, -0.1) is 0 Å². The highest BCUT2D eigenvalue weighted by atomic mass is 35.5. The Hall–Kier alpha value is -3.36. The van der Waals surface area contributed by atoms with Crippen LogP contribution in [0, 0.1) is 25.6 Å². The van der Waals surface area contributed by atoms with Crippen LogP contribution in [0.4, 0.5) is 4.39 Å². The smallest absolute Gasteiger partial charge is 0.277 e. The van der Waals surface area contributed by atoms with E-state index in [1.165, 1.54) is 12.1 Å². The lowest BCUT2D eigenvalue weighted by Crippen LogP contribution is -2.29. The first kappa shape index (κ1) is 25.7. The molecule has 36 heavy (non-hydrogen) atoms. The molecular formula is C27H28ClFN4O3. The van der Waals surface area contributed by atoms with Crippen LogP contribution in [0.1, 0.15) is 49.1 Å². The second-order valence-electron chi connectivity index (χ2n) is 9.48. The maximum absolute atomic E-state index is 13.4. The van der Waals surface area contributed by atoms with Gasteiger partial charge in [0.1, 0.15) is 28.8 Å². The Bertz CT molecular complexity index is 1420. The largest absolute Gasteiger partial charge is 0.485 e. The quantitative estimate of drug-likeness (QED) is 0.513. The van der Waals surface area contributed by atoms with Crippen molar-refractivity contribution in [2.24, 2.45) is 10.9 Å². The van der Waals surface area contributed by atoms with Crippen molar-refractivity contribution in [1.82, 2.24) is 14.5 Å². The number of nitrogens with zero attached hydrogens (tertiary/aromatic N) is 4. The first-order valence-corrected chi connectivity index (χ1v) is 12.0. The topological polar surface area (TPSA) is 89.6 Å². The van der Waals surface area contributed by atoms with Crippen molar-refractivity contribution in [2.45, 2.75) is 46.8 Å². The zero-order valence-electron chi connectivity index (χ0n) is 20.8. The third-order valence-electron chi connectivity index (χ3n) is 6.01. The summed E-state index contributed by atoms with van der Waals surface area (Å²) in [6.45, 7) is 9.60. The van der Waals surface area contributed by atoms with Gasteiger partial charge in [-0.05, 0) is 57.5 Å². The summed E-state index contributed by atoms with van der Waals surface area (Å²) in [6.07, 6.45) is 2.96. The number of pyridine rings is 3. The van der Waals surface area contributed by atoms with E-state index in [2.05, 4.69) is 9.97 Å². The average Bonchev–Trinajstić information content (AvgIpc) is 2.82. The minimum Gasteiger partial charge on any atom is -0.485 e. The van der Waals surface area contributed by atoms with Crippen LogP contribution in [-0.4, -0.2) is 31.9 Å². The standard InChI is InChI=1S/C27H28ClFN4O3/c1-15-6-9-23(27(4,5)35)32-25(15)20-11-21(16(2)12-31-20)33-17(3)10-22(24(28)26(33)34)36-14-19-8-7-18(29)13-30-19/h6-11,13,16,35H,12,14H2,1-5H3/t16-/m1/s1. The summed E-state index contributed by atoms with van der Waals surface area (Å²) in [5.41, 5.74) is 3.12. The number of hydrogen-bond donors (Lipinski definition) is 1. The molecule has 0 unspecified atom stereocenters. The Balaban J connectivity index is 1.70. The van der Waals surface area contributed by atoms with E-state index in [-0.39, 0.29) is 23.3 Å². The molecule has 1 aliphatic heterocycles. The van der Waals surface area contributed by atoms with Gasteiger partial charge >= 0.3 is 0 Å². The molecule has 1 aliphatic rings. The van der Waals surface area contributed by atoms with Gasteiger partial charge in [-0.3, -0.25) is 19.3 Å². The lowest BCUT2D eigenvalue weighted by molar-refractivity contribution is 0.0738. The second kappa shape index (κ2) is 9.95. The molecule has 7 nitrogen and oxygen atoms in total. The van der Waals surface area contributed by atoms with Gasteiger partial charge in [-0.1, -0.05) is 24.6 Å². The molecule has 0 radical (unpaired) electrons. The number of aryl methyl sites for hydroxylation is 2. The third-order valence-corrected chi connectivity index (χ3v) is 6.36. The number of ether oxygens (including phenoxy) is 1. The van der Waals surface area contributed by atoms with Crippen LogP contribution >= 0.6 is 11.6 Å². The van der Waals surface area contributed by atoms with Gasteiger partial charge in [0.05, 0.1) is 29.0 Å². The normalized spacial score (nSPS) is 15.9. The van der Waals surface area contributed by atoms with Crippen molar-refractivity contribution >= 4 is 23.0 Å². The number of dihydropyridines is 1. The fourth-order valence-corrected chi connectivity index (χ4v) is 4.16. The maximum atomic E-state index is 13.4. The predicted octanol–water partition coefficient (Wildman–Crippen LogP) is 4.83. The molecule has 0 bridgehead atoms. The van der Waals surface area contributed by atoms with Crippen molar-refractivity contribution in [3.8, 4) is 5.75 Å². The van der Waals surface area contributed by atoms with Gasteiger partial charge in [-0.25, -0.2) is 9.37 Å². The molecule has 0 spiro atoms. The van der Waals surface area contributed by atoms with Crippen LogP contribution in [0.25, 0.3) is 5.70 Å². The van der Waals surface area contributed by atoms with Crippen LogP contribution in [0.5, 0.6) is 5.75 Å². The van der Waals surface area contributed by atoms with Crippen molar-refractivity contribution < 1.29 is 14.2 Å². The van der Waals surface area contributed by atoms with Gasteiger partial charge in [-0.2, -0.15) is 0 Å². The fourth-order valence-electron chi connectivity index (χ4n) is 3.96. The number of aliphatic hydroxyl groups is 1. The Kier molecular flexibility index (Phi) is 7.11. The molecule has 0 fully saturated rings. The molecule has 0 saturated heterocycles. The fraction of sp³-hybridized carbons (Fsp3) is 0.333. The second-order valence-corrected chi connectivity index (χ2v) is 9.86. The zero-order valence-corrected chi connectivity index (χ0v) is 21.6. The van der Waals surface area contributed by atoms with Crippen LogP contribution in [0.15, 0.2) is 52.4 Å². The number of halogens is 2. The van der Waals surface area contributed by atoms with Crippen molar-refractivity contribution in [2.75, 3.05) is 6.54 Å². The van der Waals surface area contributed by atoms with Crippen LogP contribution in [-0.2, 0) is 12.2 Å². The highest BCUT2D eigenvalue weighted by Gasteiger charge is 2.25. The summed E-state index contributed by atoms with van der Waals surface area (Å²) in [7, 11) is 0. The SMILES string of the molecule is Cc1ccc(C(C)(C)O)nc1C1=NC[C@@H](C)C(n2c(C)cc(OCc3ccc(F)cn3)c(Cl)c2=O)=C1. The van der Waals surface area contributed by atoms with Crippen molar-refractivity contribution in [3.63, 3.8) is 0 Å². The number of allylic oxidation sites excluding steroid dienone is 1. The Morgan fingerprint density at radius 2 is 2.00 bits per heavy atom. The Morgan fingerprint density at radius 1 is 1.25 bits per heavy atom. The molecule has 1 N–H and O–H groups in total. The van der Waals surface area contributed by atoms with E-state index in [0.29, 0.717) is 35.0 Å². The van der Waals surface area contributed by atoms with Gasteiger partial charge in [0.2, 0.25) is 0 Å². The molecule has 0 aliphatic carbocycles. The maximum Gasteiger partial charge on any atom is 0.277 e. The summed E-state index contributed by atoms with van der Waals surface area (Å²) in [5.74, 6) is -0.255. The highest BCUT2D eigenvalue weighted by Crippen LogP contribution is 2.29. The lowest BCUT2D eigenvalue weighted by atomic mass is 9.98.